The van der Waals surface area contributed by atoms with E-state index >= 15 is 0 Å². The predicted molar refractivity (Wildman–Crippen MR) is 42.8 cm³/mol. The van der Waals surface area contributed by atoms with Crippen molar-refractivity contribution in [2.75, 3.05) is 0 Å². The molecule has 0 radical (unpaired) electrons. The van der Waals surface area contributed by atoms with Gasteiger partial charge in [-0.25, -0.2) is 4.39 Å². The fourth-order valence-corrected chi connectivity index (χ4v) is 0.967. The molecule has 1 rings (SSSR count). The highest BCUT2D eigenvalue weighted by atomic mass is 35.5. The number of hydrogen-bond acceptors (Lipinski definition) is 1. The molecule has 0 aliphatic rings. The van der Waals surface area contributed by atoms with E-state index in [1.165, 1.54) is 0 Å². The van der Waals surface area contributed by atoms with E-state index in [0.29, 0.717) is 5.56 Å². The molecule has 0 heterocycles. The van der Waals surface area contributed by atoms with Gasteiger partial charge in [0.25, 0.3) is 0 Å². The average molecular weight is 211 g/mol. The minimum absolute atomic E-state index is 0.180. The second-order valence-corrected chi connectivity index (χ2v) is 2.82. The molecule has 1 aromatic rings. The minimum Gasteiger partial charge on any atom is -0.432 e. The van der Waals surface area contributed by atoms with Gasteiger partial charge in [0.1, 0.15) is 0 Å². The van der Waals surface area contributed by atoms with Crippen LogP contribution in [0.4, 0.5) is 13.2 Å². The fraction of sp³-hybridized carbons (Fsp3) is 0.250. The summed E-state index contributed by atoms with van der Waals surface area (Å²) in [5, 5.41) is 0.180. The van der Waals surface area contributed by atoms with Gasteiger partial charge >= 0.3 is 6.61 Å². The smallest absolute Gasteiger partial charge is 0.387 e. The average Bonchev–Trinajstić information content (AvgIpc) is 1.99. The van der Waals surface area contributed by atoms with Crippen LogP contribution in [-0.2, 0) is 0 Å². The molecule has 0 unspecified atom stereocenters. The van der Waals surface area contributed by atoms with E-state index in [4.69, 9.17) is 11.6 Å². The first-order valence-electron chi connectivity index (χ1n) is 3.41. The zero-order valence-electron chi connectivity index (χ0n) is 6.65. The Labute approximate surface area is 78.1 Å². The van der Waals surface area contributed by atoms with Crippen LogP contribution in [0.15, 0.2) is 12.1 Å². The standard InChI is InChI=1S/C8H6ClF3O/c1-4-2-7(13-8(11)12)6(10)3-5(4)9/h2-3,8H,1H3. The maximum absolute atomic E-state index is 12.8. The van der Waals surface area contributed by atoms with Crippen LogP contribution in [0.3, 0.4) is 0 Å². The van der Waals surface area contributed by atoms with Crippen molar-refractivity contribution < 1.29 is 17.9 Å². The molecule has 0 amide bonds. The highest BCUT2D eigenvalue weighted by molar-refractivity contribution is 6.31. The summed E-state index contributed by atoms with van der Waals surface area (Å²) in [6.45, 7) is -1.46. The lowest BCUT2D eigenvalue weighted by molar-refractivity contribution is -0.0522. The number of ether oxygens (including phenoxy) is 1. The molecular formula is C8H6ClF3O. The first-order valence-corrected chi connectivity index (χ1v) is 3.79. The highest BCUT2D eigenvalue weighted by Gasteiger charge is 2.11. The van der Waals surface area contributed by atoms with Crippen molar-refractivity contribution >= 4 is 11.6 Å². The van der Waals surface area contributed by atoms with Gasteiger partial charge < -0.3 is 4.74 Å². The zero-order chi connectivity index (χ0) is 10.0. The molecule has 0 N–H and O–H groups in total. The van der Waals surface area contributed by atoms with E-state index in [1.54, 1.807) is 6.92 Å². The molecule has 0 atom stereocenters. The Kier molecular flexibility index (Phi) is 3.03. The summed E-state index contributed by atoms with van der Waals surface area (Å²) in [4.78, 5) is 0. The summed E-state index contributed by atoms with van der Waals surface area (Å²) in [7, 11) is 0. The highest BCUT2D eigenvalue weighted by Crippen LogP contribution is 2.26. The molecule has 0 aliphatic heterocycles. The third-order valence-corrected chi connectivity index (χ3v) is 1.84. The Morgan fingerprint density at radius 2 is 2.00 bits per heavy atom. The Morgan fingerprint density at radius 3 is 2.54 bits per heavy atom. The molecular weight excluding hydrogens is 205 g/mol. The predicted octanol–water partition coefficient (Wildman–Crippen LogP) is 3.39. The third kappa shape index (κ3) is 2.52. The van der Waals surface area contributed by atoms with Crippen molar-refractivity contribution in [2.24, 2.45) is 0 Å². The number of hydrogen-bond donors (Lipinski definition) is 0. The Hall–Kier alpha value is -0.900. The lowest BCUT2D eigenvalue weighted by Gasteiger charge is -2.07. The van der Waals surface area contributed by atoms with Gasteiger partial charge in [0.2, 0.25) is 0 Å². The van der Waals surface area contributed by atoms with Crippen LogP contribution < -0.4 is 4.74 Å². The quantitative estimate of drug-likeness (QED) is 0.727. The van der Waals surface area contributed by atoms with Crippen molar-refractivity contribution in [3.63, 3.8) is 0 Å². The van der Waals surface area contributed by atoms with Gasteiger partial charge in [0, 0.05) is 5.02 Å². The summed E-state index contributed by atoms with van der Waals surface area (Å²) in [5.41, 5.74) is 0.485. The maximum Gasteiger partial charge on any atom is 0.387 e. The fourth-order valence-electron chi connectivity index (χ4n) is 0.817. The topological polar surface area (TPSA) is 9.23 Å². The number of benzene rings is 1. The summed E-state index contributed by atoms with van der Waals surface area (Å²) in [6, 6.07) is 2.07. The molecule has 0 saturated heterocycles. The molecule has 5 heteroatoms. The van der Waals surface area contributed by atoms with E-state index in [2.05, 4.69) is 4.74 Å². The van der Waals surface area contributed by atoms with Crippen LogP contribution in [0.2, 0.25) is 5.02 Å². The van der Waals surface area contributed by atoms with Crippen LogP contribution in [-0.4, -0.2) is 6.61 Å². The molecule has 1 nitrogen and oxygen atoms in total. The second-order valence-electron chi connectivity index (χ2n) is 2.41. The lowest BCUT2D eigenvalue weighted by Crippen LogP contribution is -2.03. The van der Waals surface area contributed by atoms with Crippen LogP contribution in [0, 0.1) is 12.7 Å². The summed E-state index contributed by atoms with van der Waals surface area (Å²) < 4.78 is 40.2. The molecule has 0 saturated carbocycles. The number of aryl methyl sites for hydroxylation is 1. The van der Waals surface area contributed by atoms with Crippen molar-refractivity contribution in [3.05, 3.63) is 28.5 Å². The minimum atomic E-state index is -3.03. The van der Waals surface area contributed by atoms with Gasteiger partial charge in [0.05, 0.1) is 0 Å². The number of alkyl halides is 2. The van der Waals surface area contributed by atoms with E-state index in [9.17, 15) is 13.2 Å². The summed E-state index contributed by atoms with van der Waals surface area (Å²) in [5.74, 6) is -1.38. The lowest BCUT2D eigenvalue weighted by atomic mass is 10.2. The van der Waals surface area contributed by atoms with Crippen LogP contribution in [0.1, 0.15) is 5.56 Å². The van der Waals surface area contributed by atoms with Crippen molar-refractivity contribution in [2.45, 2.75) is 13.5 Å². The zero-order valence-corrected chi connectivity index (χ0v) is 7.41. The van der Waals surface area contributed by atoms with E-state index in [-0.39, 0.29) is 5.02 Å². The molecule has 0 bridgehead atoms. The maximum atomic E-state index is 12.8. The molecule has 13 heavy (non-hydrogen) atoms. The Bertz CT molecular complexity index is 315. The number of rotatable bonds is 2. The Morgan fingerprint density at radius 1 is 1.38 bits per heavy atom. The molecule has 72 valence electrons. The number of halogens is 4. The van der Waals surface area contributed by atoms with Crippen LogP contribution in [0.25, 0.3) is 0 Å². The monoisotopic (exact) mass is 210 g/mol. The van der Waals surface area contributed by atoms with Gasteiger partial charge in [-0.3, -0.25) is 0 Å². The molecule has 0 aliphatic carbocycles. The van der Waals surface area contributed by atoms with Gasteiger partial charge in [-0.15, -0.1) is 0 Å². The van der Waals surface area contributed by atoms with Gasteiger partial charge in [-0.2, -0.15) is 8.78 Å². The van der Waals surface area contributed by atoms with Gasteiger partial charge in [-0.05, 0) is 24.6 Å². The Balaban J connectivity index is 3.01. The molecule has 0 fully saturated rings. The SMILES string of the molecule is Cc1cc(OC(F)F)c(F)cc1Cl. The van der Waals surface area contributed by atoms with E-state index in [1.807, 2.05) is 0 Å². The van der Waals surface area contributed by atoms with Crippen molar-refractivity contribution in [1.29, 1.82) is 0 Å². The summed E-state index contributed by atoms with van der Waals surface area (Å²) >= 11 is 5.54. The third-order valence-electron chi connectivity index (χ3n) is 1.43. The first kappa shape index (κ1) is 10.2. The molecule has 0 spiro atoms. The van der Waals surface area contributed by atoms with Crippen molar-refractivity contribution in [3.8, 4) is 5.75 Å². The van der Waals surface area contributed by atoms with Crippen LogP contribution >= 0.6 is 11.6 Å². The second kappa shape index (κ2) is 3.87. The van der Waals surface area contributed by atoms with E-state index in [0.717, 1.165) is 12.1 Å². The van der Waals surface area contributed by atoms with Gasteiger partial charge in [0.15, 0.2) is 11.6 Å². The first-order chi connectivity index (χ1) is 6.00. The molecule has 0 aromatic heterocycles. The van der Waals surface area contributed by atoms with E-state index < -0.39 is 18.2 Å². The summed E-state index contributed by atoms with van der Waals surface area (Å²) in [6.07, 6.45) is 0. The van der Waals surface area contributed by atoms with Crippen molar-refractivity contribution in [1.82, 2.24) is 0 Å². The van der Waals surface area contributed by atoms with Gasteiger partial charge in [-0.1, -0.05) is 11.6 Å². The largest absolute Gasteiger partial charge is 0.432 e. The normalized spacial score (nSPS) is 10.6. The van der Waals surface area contributed by atoms with Crippen LogP contribution in [0.5, 0.6) is 5.75 Å². The molecule has 1 aromatic carbocycles.